The van der Waals surface area contributed by atoms with Gasteiger partial charge in [-0.15, -0.1) is 0 Å². The molecule has 0 radical (unpaired) electrons. The highest BCUT2D eigenvalue weighted by Crippen LogP contribution is 2.30. The van der Waals surface area contributed by atoms with Gasteiger partial charge in [0.15, 0.2) is 0 Å². The number of carbonyl (C=O) groups is 1. The van der Waals surface area contributed by atoms with Crippen molar-refractivity contribution in [1.82, 2.24) is 0 Å². The minimum atomic E-state index is -3.19. The van der Waals surface area contributed by atoms with Crippen LogP contribution in [0.2, 0.25) is 0 Å². The van der Waals surface area contributed by atoms with Crippen molar-refractivity contribution in [2.75, 3.05) is 0 Å². The summed E-state index contributed by atoms with van der Waals surface area (Å²) in [7, 11) is 0. The summed E-state index contributed by atoms with van der Waals surface area (Å²) in [5.74, 6) is -4.49. The van der Waals surface area contributed by atoms with Crippen molar-refractivity contribution in [1.29, 1.82) is 0 Å². The van der Waals surface area contributed by atoms with Crippen LogP contribution in [-0.2, 0) is 10.9 Å². The smallest absolute Gasteiger partial charge is 0.249 e. The summed E-state index contributed by atoms with van der Waals surface area (Å²) in [5.41, 5.74) is -0.655. The van der Waals surface area contributed by atoms with E-state index in [1.54, 1.807) is 0 Å². The van der Waals surface area contributed by atoms with Crippen LogP contribution in [0.1, 0.15) is 22.8 Å². The Morgan fingerprint density at radius 2 is 2.12 bits per heavy atom. The number of alkyl halides is 2. The number of carbonyl (C=O) groups excluding carboxylic acids is 1. The Morgan fingerprint density at radius 1 is 1.44 bits per heavy atom. The third-order valence-electron chi connectivity index (χ3n) is 1.93. The van der Waals surface area contributed by atoms with Gasteiger partial charge in [-0.1, -0.05) is 18.2 Å². The summed E-state index contributed by atoms with van der Waals surface area (Å²) in [6.45, 7) is 1.45. The van der Waals surface area contributed by atoms with E-state index in [4.69, 9.17) is 0 Å². The molecule has 0 amide bonds. The van der Waals surface area contributed by atoms with Gasteiger partial charge < -0.3 is 0 Å². The molecule has 0 saturated carbocycles. The number of hydrogen-bond donors (Lipinski definition) is 0. The lowest BCUT2D eigenvalue weighted by Gasteiger charge is -2.12. The van der Waals surface area contributed by atoms with Crippen LogP contribution in [0.25, 0.3) is 0 Å². The maximum atomic E-state index is 13.4. The first kappa shape index (κ1) is 12.3. The van der Waals surface area contributed by atoms with Gasteiger partial charge in [0, 0.05) is 10.1 Å². The van der Waals surface area contributed by atoms with Gasteiger partial charge in [0.05, 0.1) is 5.56 Å². The summed E-state index contributed by atoms with van der Waals surface area (Å²) in [6, 6.07) is 4.47. The molecule has 0 aliphatic carbocycles. The predicted octanol–water partition coefficient (Wildman–Crippen LogP) is 3.40. The maximum absolute atomic E-state index is 13.4. The van der Waals surface area contributed by atoms with E-state index in [-0.39, 0.29) is 5.56 Å². The Labute approximate surface area is 90.2 Å². The molecule has 0 aromatic heterocycles. The Hall–Kier alpha value is -1.78. The third-order valence-corrected chi connectivity index (χ3v) is 1.93. The lowest BCUT2D eigenvalue weighted by Crippen LogP contribution is -2.10. The van der Waals surface area contributed by atoms with Crippen LogP contribution in [0, 0.1) is 0 Å². The normalized spacial score (nSPS) is 11.8. The molecule has 0 bridgehead atoms. The number of halogens is 3. The number of rotatable bonds is 3. The van der Waals surface area contributed by atoms with E-state index in [9.17, 15) is 18.1 Å². The average Bonchev–Trinajstić information content (AvgIpc) is 2.28. The van der Waals surface area contributed by atoms with E-state index < -0.39 is 17.5 Å². The second-order valence-corrected chi connectivity index (χ2v) is 3.07. The van der Waals surface area contributed by atoms with Crippen LogP contribution >= 0.6 is 0 Å². The first-order chi connectivity index (χ1) is 7.51. The van der Waals surface area contributed by atoms with Gasteiger partial charge in [0.2, 0.25) is 0 Å². The van der Waals surface area contributed by atoms with E-state index in [2.05, 4.69) is 4.94 Å². The van der Waals surface area contributed by atoms with E-state index in [0.29, 0.717) is 6.08 Å². The van der Waals surface area contributed by atoms with Gasteiger partial charge >= 0.3 is 5.97 Å². The van der Waals surface area contributed by atoms with E-state index in [1.807, 2.05) is 0 Å². The molecule has 1 aromatic rings. The van der Waals surface area contributed by atoms with Crippen LogP contribution < -0.4 is 0 Å². The number of hydrogen-bond acceptors (Lipinski definition) is 2. The zero-order valence-electron chi connectivity index (χ0n) is 8.41. The number of allylic oxidation sites excluding steroid dienone is 2. The zero-order chi connectivity index (χ0) is 12.2. The van der Waals surface area contributed by atoms with Gasteiger partial charge in [-0.05, 0) is 25.1 Å². The molecule has 0 N–H and O–H groups in total. The molecular formula is C11H9F3O2. The summed E-state index contributed by atoms with van der Waals surface area (Å²) >= 11 is 0. The van der Waals surface area contributed by atoms with E-state index in [1.165, 1.54) is 25.1 Å². The fourth-order valence-corrected chi connectivity index (χ4v) is 1.20. The van der Waals surface area contributed by atoms with Crippen LogP contribution in [-0.4, -0.2) is 5.97 Å². The van der Waals surface area contributed by atoms with Crippen LogP contribution in [0.15, 0.2) is 36.4 Å². The van der Waals surface area contributed by atoms with Gasteiger partial charge in [-0.25, -0.2) is 9.74 Å². The van der Waals surface area contributed by atoms with Crippen molar-refractivity contribution in [3.8, 4) is 0 Å². The third kappa shape index (κ3) is 2.62. The Bertz CT molecular complexity index is 413. The molecule has 0 spiro atoms. The maximum Gasteiger partial charge on any atom is 0.379 e. The summed E-state index contributed by atoms with van der Waals surface area (Å²) in [4.78, 5) is 13.8. The number of benzene rings is 1. The molecule has 16 heavy (non-hydrogen) atoms. The van der Waals surface area contributed by atoms with E-state index >= 15 is 0 Å². The Balaban J connectivity index is 3.12. The van der Waals surface area contributed by atoms with Crippen molar-refractivity contribution >= 4 is 5.97 Å². The molecule has 0 fully saturated rings. The zero-order valence-corrected chi connectivity index (χ0v) is 8.41. The van der Waals surface area contributed by atoms with Crippen LogP contribution in [0.4, 0.5) is 13.3 Å². The summed E-state index contributed by atoms with van der Waals surface area (Å²) in [5, 5.41) is 0. The van der Waals surface area contributed by atoms with Crippen molar-refractivity contribution in [2.24, 2.45) is 0 Å². The second kappa shape index (κ2) is 4.83. The lowest BCUT2D eigenvalue weighted by atomic mass is 10.0. The fraction of sp³-hybridized carbons (Fsp3) is 0.182. The SMILES string of the molecule is C/C=C/C(F)(F)c1cccc(C(=O)OF)c1. The monoisotopic (exact) mass is 230 g/mol. The fourth-order valence-electron chi connectivity index (χ4n) is 1.20. The van der Waals surface area contributed by atoms with Crippen LogP contribution in [0.5, 0.6) is 0 Å². The molecule has 5 heteroatoms. The Kier molecular flexibility index (Phi) is 3.71. The summed E-state index contributed by atoms with van der Waals surface area (Å²) < 4.78 is 38.3. The predicted molar refractivity (Wildman–Crippen MR) is 51.7 cm³/mol. The Morgan fingerprint density at radius 3 is 2.69 bits per heavy atom. The standard InChI is InChI=1S/C11H9F3O2/c1-2-6-11(12,13)9-5-3-4-8(7-9)10(15)16-14/h2-7H,1H3/b6-2+. The van der Waals surface area contributed by atoms with E-state index in [0.717, 1.165) is 12.1 Å². The molecule has 0 aliphatic heterocycles. The molecular weight excluding hydrogens is 221 g/mol. The molecule has 0 atom stereocenters. The first-order valence-electron chi connectivity index (χ1n) is 4.46. The average molecular weight is 230 g/mol. The topological polar surface area (TPSA) is 26.3 Å². The van der Waals surface area contributed by atoms with Gasteiger partial charge in [0.25, 0.3) is 5.92 Å². The largest absolute Gasteiger partial charge is 0.379 e. The van der Waals surface area contributed by atoms with Crippen molar-refractivity contribution in [3.63, 3.8) is 0 Å². The molecule has 0 aliphatic rings. The van der Waals surface area contributed by atoms with Crippen molar-refractivity contribution < 1.29 is 23.0 Å². The van der Waals surface area contributed by atoms with Gasteiger partial charge in [-0.3, -0.25) is 0 Å². The molecule has 2 nitrogen and oxygen atoms in total. The first-order valence-corrected chi connectivity index (χ1v) is 4.46. The molecule has 1 aromatic carbocycles. The molecule has 0 saturated heterocycles. The lowest BCUT2D eigenvalue weighted by molar-refractivity contribution is -0.0788. The molecule has 0 unspecified atom stereocenters. The highest BCUT2D eigenvalue weighted by molar-refractivity contribution is 5.89. The quantitative estimate of drug-likeness (QED) is 0.744. The minimum absolute atomic E-state index is 0.260. The van der Waals surface area contributed by atoms with Crippen LogP contribution in [0.3, 0.4) is 0 Å². The molecule has 86 valence electrons. The molecule has 0 heterocycles. The molecule has 1 rings (SSSR count). The second-order valence-electron chi connectivity index (χ2n) is 3.07. The minimum Gasteiger partial charge on any atom is -0.249 e. The highest BCUT2D eigenvalue weighted by atomic mass is 19.3. The van der Waals surface area contributed by atoms with Gasteiger partial charge in [0.1, 0.15) is 0 Å². The van der Waals surface area contributed by atoms with Gasteiger partial charge in [-0.2, -0.15) is 8.78 Å². The van der Waals surface area contributed by atoms with Crippen molar-refractivity contribution in [3.05, 3.63) is 47.5 Å². The summed E-state index contributed by atoms with van der Waals surface area (Å²) in [6.07, 6.45) is 1.88. The van der Waals surface area contributed by atoms with Crippen molar-refractivity contribution in [2.45, 2.75) is 12.8 Å². The highest BCUT2D eigenvalue weighted by Gasteiger charge is 2.28.